The number of benzene rings is 2. The van der Waals surface area contributed by atoms with Gasteiger partial charge in [0.05, 0.1) is 5.69 Å². The van der Waals surface area contributed by atoms with Crippen LogP contribution in [0.15, 0.2) is 66.4 Å². The lowest BCUT2D eigenvalue weighted by Gasteiger charge is -2.26. The number of nitrogens with one attached hydrogen (secondary N) is 1. The van der Waals surface area contributed by atoms with Crippen molar-refractivity contribution in [1.82, 2.24) is 9.88 Å². The predicted molar refractivity (Wildman–Crippen MR) is 115 cm³/mol. The number of amides is 4. The number of anilines is 1. The molecule has 0 saturated carbocycles. The Morgan fingerprint density at radius 2 is 1.74 bits per heavy atom. The van der Waals surface area contributed by atoms with Crippen LogP contribution in [0, 0.1) is 5.82 Å². The number of urea groups is 1. The van der Waals surface area contributed by atoms with Gasteiger partial charge in [0.25, 0.3) is 11.8 Å². The summed E-state index contributed by atoms with van der Waals surface area (Å²) in [5.41, 5.74) is 1.26. The van der Waals surface area contributed by atoms with E-state index in [1.54, 1.807) is 41.1 Å². The quantitative estimate of drug-likeness (QED) is 0.457. The second-order valence-corrected chi connectivity index (χ2v) is 7.57. The molecule has 1 aliphatic heterocycles. The second-order valence-electron chi connectivity index (χ2n) is 6.73. The maximum Gasteiger partial charge on any atom is 0.335 e. The Morgan fingerprint density at radius 3 is 2.45 bits per heavy atom. The number of halogens is 3. The molecule has 0 atom stereocenters. The molecule has 1 aromatic heterocycles. The fourth-order valence-electron chi connectivity index (χ4n) is 3.17. The van der Waals surface area contributed by atoms with Gasteiger partial charge < -0.3 is 4.57 Å². The number of imide groups is 2. The van der Waals surface area contributed by atoms with Crippen molar-refractivity contribution in [3.63, 3.8) is 0 Å². The highest BCUT2D eigenvalue weighted by molar-refractivity contribution is 6.39. The van der Waals surface area contributed by atoms with E-state index in [4.69, 9.17) is 23.2 Å². The number of aromatic nitrogens is 1. The molecule has 0 radical (unpaired) electrons. The molecule has 1 fully saturated rings. The first-order valence-corrected chi connectivity index (χ1v) is 9.85. The summed E-state index contributed by atoms with van der Waals surface area (Å²) in [5, 5.41) is 3.14. The van der Waals surface area contributed by atoms with Crippen molar-refractivity contribution >= 4 is 52.8 Å². The van der Waals surface area contributed by atoms with Crippen LogP contribution in [-0.2, 0) is 16.1 Å². The SMILES string of the molecule is O=C1NC(=O)N(c2ccc(F)cc2)C(=O)/C1=C\c1cccn1Cc1ccc(Cl)cc1Cl. The van der Waals surface area contributed by atoms with Crippen molar-refractivity contribution in [2.75, 3.05) is 4.90 Å². The normalized spacial score (nSPS) is 15.5. The van der Waals surface area contributed by atoms with E-state index in [0.717, 1.165) is 22.6 Å². The van der Waals surface area contributed by atoms with Gasteiger partial charge in [-0.05, 0) is 60.2 Å². The maximum absolute atomic E-state index is 13.2. The van der Waals surface area contributed by atoms with Crippen LogP contribution < -0.4 is 10.2 Å². The van der Waals surface area contributed by atoms with Crippen LogP contribution in [0.5, 0.6) is 0 Å². The molecule has 1 aliphatic rings. The highest BCUT2D eigenvalue weighted by atomic mass is 35.5. The molecule has 4 rings (SSSR count). The number of nitrogens with zero attached hydrogens (tertiary/aromatic N) is 2. The molecule has 1 N–H and O–H groups in total. The fourth-order valence-corrected chi connectivity index (χ4v) is 3.63. The zero-order valence-electron chi connectivity index (χ0n) is 15.8. The van der Waals surface area contributed by atoms with E-state index in [9.17, 15) is 18.8 Å². The fraction of sp³-hybridized carbons (Fsp3) is 0.0455. The van der Waals surface area contributed by atoms with Gasteiger partial charge in [-0.15, -0.1) is 0 Å². The number of hydrogen-bond acceptors (Lipinski definition) is 3. The average Bonchev–Trinajstić information content (AvgIpc) is 3.15. The smallest absolute Gasteiger partial charge is 0.335 e. The minimum Gasteiger partial charge on any atom is -0.343 e. The van der Waals surface area contributed by atoms with Crippen LogP contribution in [0.4, 0.5) is 14.9 Å². The summed E-state index contributed by atoms with van der Waals surface area (Å²) in [4.78, 5) is 38.4. The maximum atomic E-state index is 13.2. The van der Waals surface area contributed by atoms with Crippen molar-refractivity contribution < 1.29 is 18.8 Å². The van der Waals surface area contributed by atoms with Crippen molar-refractivity contribution in [2.45, 2.75) is 6.54 Å². The van der Waals surface area contributed by atoms with E-state index in [1.807, 2.05) is 0 Å². The Morgan fingerprint density at radius 1 is 1.00 bits per heavy atom. The van der Waals surface area contributed by atoms with E-state index in [2.05, 4.69) is 5.32 Å². The summed E-state index contributed by atoms with van der Waals surface area (Å²) < 4.78 is 15.0. The summed E-state index contributed by atoms with van der Waals surface area (Å²) in [7, 11) is 0. The van der Waals surface area contributed by atoms with E-state index in [1.165, 1.54) is 18.2 Å². The Balaban J connectivity index is 1.67. The number of rotatable bonds is 4. The van der Waals surface area contributed by atoms with Crippen LogP contribution in [0.25, 0.3) is 6.08 Å². The molecule has 0 bridgehead atoms. The van der Waals surface area contributed by atoms with Crippen molar-refractivity contribution in [3.8, 4) is 0 Å². The molecule has 31 heavy (non-hydrogen) atoms. The summed E-state index contributed by atoms with van der Waals surface area (Å²) in [5.74, 6) is -2.14. The molecular weight excluding hydrogens is 444 g/mol. The van der Waals surface area contributed by atoms with E-state index in [-0.39, 0.29) is 11.3 Å². The molecule has 2 aromatic carbocycles. The third-order valence-electron chi connectivity index (χ3n) is 4.70. The molecule has 0 spiro atoms. The molecule has 6 nitrogen and oxygen atoms in total. The van der Waals surface area contributed by atoms with Gasteiger partial charge in [0, 0.05) is 28.5 Å². The Kier molecular flexibility index (Phi) is 5.63. The summed E-state index contributed by atoms with van der Waals surface area (Å²) >= 11 is 12.2. The molecule has 3 aromatic rings. The first-order chi connectivity index (χ1) is 14.8. The summed E-state index contributed by atoms with van der Waals surface area (Å²) in [6, 6.07) is 12.5. The lowest BCUT2D eigenvalue weighted by atomic mass is 10.1. The van der Waals surface area contributed by atoms with Crippen molar-refractivity contribution in [1.29, 1.82) is 0 Å². The highest BCUT2D eigenvalue weighted by Gasteiger charge is 2.37. The predicted octanol–water partition coefficient (Wildman–Crippen LogP) is 4.65. The minimum absolute atomic E-state index is 0.144. The van der Waals surface area contributed by atoms with Crippen LogP contribution in [0.1, 0.15) is 11.3 Å². The van der Waals surface area contributed by atoms with Gasteiger partial charge in [-0.3, -0.25) is 14.9 Å². The molecule has 4 amide bonds. The van der Waals surface area contributed by atoms with Gasteiger partial charge in [-0.1, -0.05) is 29.3 Å². The molecule has 156 valence electrons. The van der Waals surface area contributed by atoms with E-state index >= 15 is 0 Å². The molecule has 2 heterocycles. The van der Waals surface area contributed by atoms with Crippen LogP contribution >= 0.6 is 23.2 Å². The highest BCUT2D eigenvalue weighted by Crippen LogP contribution is 2.25. The third kappa shape index (κ3) is 4.23. The van der Waals surface area contributed by atoms with Crippen LogP contribution in [-0.4, -0.2) is 22.4 Å². The number of barbiturate groups is 1. The van der Waals surface area contributed by atoms with E-state index < -0.39 is 23.7 Å². The lowest BCUT2D eigenvalue weighted by molar-refractivity contribution is -0.122. The lowest BCUT2D eigenvalue weighted by Crippen LogP contribution is -2.54. The Bertz CT molecular complexity index is 1240. The van der Waals surface area contributed by atoms with Crippen LogP contribution in [0.2, 0.25) is 10.0 Å². The number of hydrogen-bond donors (Lipinski definition) is 1. The Labute approximate surface area is 186 Å². The van der Waals surface area contributed by atoms with Crippen molar-refractivity contribution in [2.24, 2.45) is 0 Å². The van der Waals surface area contributed by atoms with Gasteiger partial charge in [0.15, 0.2) is 0 Å². The van der Waals surface area contributed by atoms with E-state index in [0.29, 0.717) is 22.3 Å². The monoisotopic (exact) mass is 457 g/mol. The standard InChI is InChI=1S/C22H14Cl2FN3O3/c23-14-4-3-13(19(24)10-14)12-27-9-1-2-17(27)11-18-20(29)26-22(31)28(21(18)30)16-7-5-15(25)6-8-16/h1-11H,12H2,(H,26,29,31)/b18-11-. The average molecular weight is 458 g/mol. The molecular formula is C22H14Cl2FN3O3. The zero-order chi connectivity index (χ0) is 22.1. The molecule has 1 saturated heterocycles. The largest absolute Gasteiger partial charge is 0.343 e. The molecule has 0 unspecified atom stereocenters. The van der Waals surface area contributed by atoms with Gasteiger partial charge >= 0.3 is 6.03 Å². The van der Waals surface area contributed by atoms with Crippen molar-refractivity contribution in [3.05, 3.63) is 93.5 Å². The number of carbonyl (C=O) groups excluding carboxylic acids is 3. The van der Waals surface area contributed by atoms with Gasteiger partial charge in [-0.2, -0.15) is 0 Å². The molecule has 0 aliphatic carbocycles. The number of carbonyl (C=O) groups is 3. The van der Waals surface area contributed by atoms with Crippen LogP contribution in [0.3, 0.4) is 0 Å². The second kappa shape index (κ2) is 8.37. The third-order valence-corrected chi connectivity index (χ3v) is 5.29. The summed E-state index contributed by atoms with van der Waals surface area (Å²) in [6.07, 6.45) is 3.16. The first-order valence-electron chi connectivity index (χ1n) is 9.09. The topological polar surface area (TPSA) is 71.4 Å². The van der Waals surface area contributed by atoms with Gasteiger partial charge in [0.2, 0.25) is 0 Å². The summed E-state index contributed by atoms with van der Waals surface area (Å²) in [6.45, 7) is 0.374. The zero-order valence-corrected chi connectivity index (χ0v) is 17.3. The molecule has 9 heteroatoms. The first kappa shape index (κ1) is 20.8. The van der Waals surface area contributed by atoms with Gasteiger partial charge in [0.1, 0.15) is 11.4 Å². The Hall–Kier alpha value is -3.42. The minimum atomic E-state index is -0.901. The van der Waals surface area contributed by atoms with Gasteiger partial charge in [-0.25, -0.2) is 14.1 Å².